The van der Waals surface area contributed by atoms with Gasteiger partial charge in [0.25, 0.3) is 0 Å². The van der Waals surface area contributed by atoms with Crippen LogP contribution >= 0.6 is 0 Å². The van der Waals surface area contributed by atoms with E-state index in [-0.39, 0.29) is 12.0 Å². The van der Waals surface area contributed by atoms with E-state index in [1.165, 1.54) is 38.6 Å². The largest absolute Gasteiger partial charge is 0.465 e. The summed E-state index contributed by atoms with van der Waals surface area (Å²) in [5.41, 5.74) is 0. The van der Waals surface area contributed by atoms with Crippen molar-refractivity contribution in [3.05, 3.63) is 0 Å². The molecule has 0 amide bonds. The van der Waals surface area contributed by atoms with Crippen LogP contribution in [0.5, 0.6) is 0 Å². The van der Waals surface area contributed by atoms with E-state index in [2.05, 4.69) is 24.2 Å². The zero-order chi connectivity index (χ0) is 15.5. The van der Waals surface area contributed by atoms with E-state index < -0.39 is 0 Å². The minimum atomic E-state index is -0.154. The normalized spacial score (nSPS) is 17.9. The zero-order valence-corrected chi connectivity index (χ0v) is 14.2. The third-order valence-electron chi connectivity index (χ3n) is 4.31. The maximum absolute atomic E-state index is 11.9. The number of carbonyl (C=O) groups excluding carboxylic acids is 1. The molecule has 0 saturated heterocycles. The minimum Gasteiger partial charge on any atom is -0.465 e. The standard InChI is InChI=1S/C17H34N2O2/c1-4-12-18-16(17(20)21-5-2)11-13-19(3)14-15-9-7-6-8-10-15/h15-16,18H,4-14H2,1-3H3. The first kappa shape index (κ1) is 18.4. The van der Waals surface area contributed by atoms with Gasteiger partial charge in [0.1, 0.15) is 6.04 Å². The van der Waals surface area contributed by atoms with Gasteiger partial charge in [-0.3, -0.25) is 4.79 Å². The van der Waals surface area contributed by atoms with Crippen molar-refractivity contribution in [3.8, 4) is 0 Å². The molecule has 1 saturated carbocycles. The van der Waals surface area contributed by atoms with Crippen LogP contribution in [0.25, 0.3) is 0 Å². The Kier molecular flexibility index (Phi) is 9.68. The molecule has 1 rings (SSSR count). The number of carbonyl (C=O) groups is 1. The second-order valence-electron chi connectivity index (χ2n) is 6.31. The van der Waals surface area contributed by atoms with Gasteiger partial charge in [-0.2, -0.15) is 0 Å². The van der Waals surface area contributed by atoms with Crippen LogP contribution in [0.4, 0.5) is 0 Å². The number of esters is 1. The van der Waals surface area contributed by atoms with E-state index >= 15 is 0 Å². The quantitative estimate of drug-likeness (QED) is 0.630. The summed E-state index contributed by atoms with van der Waals surface area (Å²) in [4.78, 5) is 14.3. The molecule has 1 aliphatic carbocycles. The molecular weight excluding hydrogens is 264 g/mol. The number of rotatable bonds is 10. The lowest BCUT2D eigenvalue weighted by atomic mass is 9.89. The van der Waals surface area contributed by atoms with Gasteiger partial charge in [0, 0.05) is 6.54 Å². The second kappa shape index (κ2) is 11.0. The Morgan fingerprint density at radius 1 is 1.29 bits per heavy atom. The predicted octanol–water partition coefficient (Wildman–Crippen LogP) is 2.82. The van der Waals surface area contributed by atoms with E-state index in [4.69, 9.17) is 4.74 Å². The lowest BCUT2D eigenvalue weighted by Gasteiger charge is -2.28. The molecule has 0 radical (unpaired) electrons. The molecule has 0 aromatic rings. The molecule has 1 N–H and O–H groups in total. The Morgan fingerprint density at radius 3 is 2.62 bits per heavy atom. The molecule has 0 aromatic heterocycles. The van der Waals surface area contributed by atoms with Crippen LogP contribution in [0.3, 0.4) is 0 Å². The fraction of sp³-hybridized carbons (Fsp3) is 0.941. The van der Waals surface area contributed by atoms with Crippen LogP contribution in [0.2, 0.25) is 0 Å². The van der Waals surface area contributed by atoms with Crippen molar-refractivity contribution in [1.29, 1.82) is 0 Å². The van der Waals surface area contributed by atoms with Gasteiger partial charge in [0.15, 0.2) is 0 Å². The summed E-state index contributed by atoms with van der Waals surface area (Å²) >= 11 is 0. The molecule has 4 heteroatoms. The molecule has 21 heavy (non-hydrogen) atoms. The van der Waals surface area contributed by atoms with E-state index in [1.54, 1.807) is 0 Å². The predicted molar refractivity (Wildman–Crippen MR) is 87.4 cm³/mol. The molecule has 1 atom stereocenters. The Labute approximate surface area is 130 Å². The van der Waals surface area contributed by atoms with Crippen molar-refractivity contribution in [2.24, 2.45) is 5.92 Å². The molecule has 0 heterocycles. The minimum absolute atomic E-state index is 0.1000. The van der Waals surface area contributed by atoms with Crippen LogP contribution in [0.15, 0.2) is 0 Å². The highest BCUT2D eigenvalue weighted by atomic mass is 16.5. The van der Waals surface area contributed by atoms with Gasteiger partial charge in [0.05, 0.1) is 6.61 Å². The summed E-state index contributed by atoms with van der Waals surface area (Å²) in [5.74, 6) is 0.755. The fourth-order valence-corrected chi connectivity index (χ4v) is 3.12. The van der Waals surface area contributed by atoms with Crippen molar-refractivity contribution >= 4 is 5.97 Å². The SMILES string of the molecule is CCCNC(CCN(C)CC1CCCCC1)C(=O)OCC. The highest BCUT2D eigenvalue weighted by molar-refractivity contribution is 5.75. The number of hydrogen-bond donors (Lipinski definition) is 1. The van der Waals surface area contributed by atoms with Crippen molar-refractivity contribution in [2.45, 2.75) is 64.8 Å². The molecule has 0 spiro atoms. The van der Waals surface area contributed by atoms with Crippen molar-refractivity contribution < 1.29 is 9.53 Å². The number of nitrogens with one attached hydrogen (secondary N) is 1. The first-order chi connectivity index (χ1) is 10.2. The maximum atomic E-state index is 11.9. The molecule has 4 nitrogen and oxygen atoms in total. The smallest absolute Gasteiger partial charge is 0.323 e. The van der Waals surface area contributed by atoms with Gasteiger partial charge >= 0.3 is 5.97 Å². The van der Waals surface area contributed by atoms with E-state index in [0.717, 1.165) is 31.8 Å². The van der Waals surface area contributed by atoms with Gasteiger partial charge in [0.2, 0.25) is 0 Å². The molecule has 1 aliphatic rings. The third-order valence-corrected chi connectivity index (χ3v) is 4.31. The molecule has 0 bridgehead atoms. The summed E-state index contributed by atoms with van der Waals surface area (Å²) in [7, 11) is 2.18. The van der Waals surface area contributed by atoms with Gasteiger partial charge in [-0.05, 0) is 58.7 Å². The molecule has 1 fully saturated rings. The summed E-state index contributed by atoms with van der Waals surface area (Å²) in [6.45, 7) is 7.44. The van der Waals surface area contributed by atoms with Crippen LogP contribution in [-0.2, 0) is 9.53 Å². The van der Waals surface area contributed by atoms with Crippen LogP contribution in [0.1, 0.15) is 58.8 Å². The maximum Gasteiger partial charge on any atom is 0.323 e. The zero-order valence-electron chi connectivity index (χ0n) is 14.2. The first-order valence-electron chi connectivity index (χ1n) is 8.75. The van der Waals surface area contributed by atoms with Crippen LogP contribution in [-0.4, -0.2) is 50.2 Å². The van der Waals surface area contributed by atoms with Gasteiger partial charge in [-0.25, -0.2) is 0 Å². The van der Waals surface area contributed by atoms with E-state index in [0.29, 0.717) is 6.61 Å². The molecule has 0 aliphatic heterocycles. The van der Waals surface area contributed by atoms with Crippen LogP contribution < -0.4 is 5.32 Å². The van der Waals surface area contributed by atoms with Crippen LogP contribution in [0, 0.1) is 5.92 Å². The summed E-state index contributed by atoms with van der Waals surface area (Å²) < 4.78 is 5.16. The topological polar surface area (TPSA) is 41.6 Å². The Morgan fingerprint density at radius 2 is 2.00 bits per heavy atom. The second-order valence-corrected chi connectivity index (χ2v) is 6.31. The Hall–Kier alpha value is -0.610. The van der Waals surface area contributed by atoms with Gasteiger partial charge in [-0.15, -0.1) is 0 Å². The summed E-state index contributed by atoms with van der Waals surface area (Å²) in [5, 5.41) is 3.31. The van der Waals surface area contributed by atoms with Gasteiger partial charge in [-0.1, -0.05) is 26.2 Å². The summed E-state index contributed by atoms with van der Waals surface area (Å²) in [6.07, 6.45) is 8.81. The molecule has 0 aromatic carbocycles. The fourth-order valence-electron chi connectivity index (χ4n) is 3.12. The van der Waals surface area contributed by atoms with Crippen molar-refractivity contribution in [2.75, 3.05) is 33.3 Å². The summed E-state index contributed by atoms with van der Waals surface area (Å²) in [6, 6.07) is -0.154. The molecule has 124 valence electrons. The Bertz CT molecular complexity index is 278. The van der Waals surface area contributed by atoms with E-state index in [9.17, 15) is 4.79 Å². The van der Waals surface area contributed by atoms with Gasteiger partial charge < -0.3 is 15.0 Å². The van der Waals surface area contributed by atoms with E-state index in [1.807, 2.05) is 6.92 Å². The lowest BCUT2D eigenvalue weighted by molar-refractivity contribution is -0.145. The number of ether oxygens (including phenoxy) is 1. The van der Waals surface area contributed by atoms with Crippen molar-refractivity contribution in [1.82, 2.24) is 10.2 Å². The lowest BCUT2D eigenvalue weighted by Crippen LogP contribution is -2.41. The molecular formula is C17H34N2O2. The third kappa shape index (κ3) is 7.82. The Balaban J connectivity index is 2.30. The monoisotopic (exact) mass is 298 g/mol. The highest BCUT2D eigenvalue weighted by Gasteiger charge is 2.20. The van der Waals surface area contributed by atoms with Crippen molar-refractivity contribution in [3.63, 3.8) is 0 Å². The molecule has 1 unspecified atom stereocenters. The number of nitrogens with zero attached hydrogens (tertiary/aromatic N) is 1. The highest BCUT2D eigenvalue weighted by Crippen LogP contribution is 2.24. The number of hydrogen-bond acceptors (Lipinski definition) is 4. The average Bonchev–Trinajstić information content (AvgIpc) is 2.48. The first-order valence-corrected chi connectivity index (χ1v) is 8.75. The average molecular weight is 298 g/mol.